The molecule has 2 heterocycles. The Kier molecular flexibility index (Phi) is 4.15. The number of amides is 2. The summed E-state index contributed by atoms with van der Waals surface area (Å²) in [6.07, 6.45) is 1.53. The highest BCUT2D eigenvalue weighted by Gasteiger charge is 2.28. The van der Waals surface area contributed by atoms with E-state index in [9.17, 15) is 9.59 Å². The van der Waals surface area contributed by atoms with Gasteiger partial charge >= 0.3 is 0 Å². The van der Waals surface area contributed by atoms with Crippen molar-refractivity contribution in [3.63, 3.8) is 0 Å². The van der Waals surface area contributed by atoms with Gasteiger partial charge in [0.25, 0.3) is 5.91 Å². The maximum absolute atomic E-state index is 12.3. The number of primary amides is 1. The van der Waals surface area contributed by atoms with Gasteiger partial charge in [-0.2, -0.15) is 0 Å². The minimum Gasteiger partial charge on any atom is -0.454 e. The van der Waals surface area contributed by atoms with E-state index in [-0.39, 0.29) is 24.5 Å². The molecule has 7 heteroatoms. The van der Waals surface area contributed by atoms with Crippen LogP contribution >= 0.6 is 0 Å². The van der Waals surface area contributed by atoms with E-state index in [1.165, 1.54) is 0 Å². The lowest BCUT2D eigenvalue weighted by molar-refractivity contribution is -0.897. The second-order valence-electron chi connectivity index (χ2n) is 5.72. The Morgan fingerprint density at radius 1 is 1.23 bits per heavy atom. The number of carbonyl (C=O) groups is 2. The van der Waals surface area contributed by atoms with E-state index >= 15 is 0 Å². The number of anilines is 1. The van der Waals surface area contributed by atoms with Crippen molar-refractivity contribution >= 4 is 17.5 Å². The van der Waals surface area contributed by atoms with E-state index < -0.39 is 0 Å². The summed E-state index contributed by atoms with van der Waals surface area (Å²) in [6, 6.07) is 5.37. The molecule has 3 rings (SSSR count). The van der Waals surface area contributed by atoms with Gasteiger partial charge in [0.05, 0.1) is 13.1 Å². The molecule has 2 amide bonds. The molecule has 2 aliphatic heterocycles. The fourth-order valence-corrected chi connectivity index (χ4v) is 2.93. The summed E-state index contributed by atoms with van der Waals surface area (Å²) in [7, 11) is 0. The van der Waals surface area contributed by atoms with Gasteiger partial charge in [-0.1, -0.05) is 0 Å². The molecule has 0 unspecified atom stereocenters. The first kappa shape index (κ1) is 14.6. The molecule has 0 bridgehead atoms. The molecule has 2 aliphatic rings. The van der Waals surface area contributed by atoms with E-state index in [0.29, 0.717) is 23.7 Å². The number of hydrogen-bond acceptors (Lipinski definition) is 4. The van der Waals surface area contributed by atoms with E-state index in [2.05, 4.69) is 5.32 Å². The first-order valence-electron chi connectivity index (χ1n) is 7.44. The lowest BCUT2D eigenvalue weighted by Gasteiger charge is -2.27. The highest BCUT2D eigenvalue weighted by molar-refractivity contribution is 5.93. The van der Waals surface area contributed by atoms with E-state index in [0.717, 1.165) is 30.8 Å². The van der Waals surface area contributed by atoms with Crippen molar-refractivity contribution in [3.8, 4) is 11.5 Å². The van der Waals surface area contributed by atoms with Gasteiger partial charge in [0.1, 0.15) is 0 Å². The molecule has 0 atom stereocenters. The smallest absolute Gasteiger partial charge is 0.272 e. The average molecular weight is 306 g/mol. The van der Waals surface area contributed by atoms with Crippen LogP contribution in [-0.4, -0.2) is 38.2 Å². The molecule has 1 fully saturated rings. The highest BCUT2D eigenvalue weighted by Crippen LogP contribution is 2.34. The van der Waals surface area contributed by atoms with Crippen LogP contribution in [0.1, 0.15) is 12.8 Å². The zero-order valence-corrected chi connectivity index (χ0v) is 12.3. The monoisotopic (exact) mass is 306 g/mol. The van der Waals surface area contributed by atoms with E-state index in [1.807, 2.05) is 0 Å². The van der Waals surface area contributed by atoms with Crippen molar-refractivity contribution in [1.29, 1.82) is 0 Å². The normalized spacial score (nSPS) is 23.1. The molecule has 7 nitrogen and oxygen atoms in total. The summed E-state index contributed by atoms with van der Waals surface area (Å²) in [6.45, 7) is 2.15. The summed E-state index contributed by atoms with van der Waals surface area (Å²) in [5.41, 5.74) is 5.91. The standard InChI is InChI=1S/C15H19N3O4/c16-14(19)8-18-5-3-10(4-6-18)15(20)17-11-1-2-12-13(7-11)22-9-21-12/h1-2,7,10H,3-6,8-9H2,(H2,16,19)(H,17,20)/p+1. The Morgan fingerprint density at radius 2 is 1.95 bits per heavy atom. The summed E-state index contributed by atoms with van der Waals surface area (Å²) in [4.78, 5) is 24.4. The van der Waals surface area contributed by atoms with Crippen molar-refractivity contribution in [2.45, 2.75) is 12.8 Å². The van der Waals surface area contributed by atoms with Crippen LogP contribution in [0.25, 0.3) is 0 Å². The molecule has 1 aromatic rings. The Labute approximate surface area is 128 Å². The van der Waals surface area contributed by atoms with Crippen molar-refractivity contribution < 1.29 is 24.0 Å². The second-order valence-corrected chi connectivity index (χ2v) is 5.72. The molecule has 22 heavy (non-hydrogen) atoms. The van der Waals surface area contributed by atoms with Crippen LogP contribution in [0.5, 0.6) is 11.5 Å². The zero-order chi connectivity index (χ0) is 15.5. The number of hydrogen-bond donors (Lipinski definition) is 3. The van der Waals surface area contributed by atoms with Crippen molar-refractivity contribution in [2.75, 3.05) is 31.7 Å². The molecule has 1 aromatic carbocycles. The number of nitrogens with two attached hydrogens (primary N) is 1. The SMILES string of the molecule is NC(=O)C[NH+]1CCC(C(=O)Nc2ccc3c(c2)OCO3)CC1. The van der Waals surface area contributed by atoms with Gasteiger partial charge in [0.2, 0.25) is 12.7 Å². The van der Waals surface area contributed by atoms with Gasteiger partial charge in [0, 0.05) is 30.5 Å². The van der Waals surface area contributed by atoms with Crippen LogP contribution in [0.2, 0.25) is 0 Å². The highest BCUT2D eigenvalue weighted by atomic mass is 16.7. The lowest BCUT2D eigenvalue weighted by atomic mass is 9.96. The molecule has 0 radical (unpaired) electrons. The number of ether oxygens (including phenoxy) is 2. The quantitative estimate of drug-likeness (QED) is 0.674. The molecule has 4 N–H and O–H groups in total. The number of likely N-dealkylation sites (tertiary alicyclic amines) is 1. The van der Waals surface area contributed by atoms with Crippen LogP contribution in [0.3, 0.4) is 0 Å². The fraction of sp³-hybridized carbons (Fsp3) is 0.467. The van der Waals surface area contributed by atoms with Crippen LogP contribution < -0.4 is 25.4 Å². The van der Waals surface area contributed by atoms with E-state index in [4.69, 9.17) is 15.2 Å². The van der Waals surface area contributed by atoms with Crippen molar-refractivity contribution in [3.05, 3.63) is 18.2 Å². The topological polar surface area (TPSA) is 95.1 Å². The van der Waals surface area contributed by atoms with Crippen LogP contribution in [0.4, 0.5) is 5.69 Å². The number of nitrogens with one attached hydrogen (secondary N) is 2. The summed E-state index contributed by atoms with van der Waals surface area (Å²) in [5.74, 6) is 1.04. The minimum absolute atomic E-state index is 0.0111. The largest absolute Gasteiger partial charge is 0.454 e. The lowest BCUT2D eigenvalue weighted by Crippen LogP contribution is -3.14. The number of fused-ring (bicyclic) bond motifs is 1. The molecular formula is C15H20N3O4+. The summed E-state index contributed by atoms with van der Waals surface area (Å²) in [5, 5.41) is 2.92. The van der Waals surface area contributed by atoms with Gasteiger partial charge < -0.3 is 25.4 Å². The van der Waals surface area contributed by atoms with Crippen LogP contribution in [-0.2, 0) is 9.59 Å². The van der Waals surface area contributed by atoms with Crippen LogP contribution in [0.15, 0.2) is 18.2 Å². The number of piperidine rings is 1. The molecule has 0 aliphatic carbocycles. The van der Waals surface area contributed by atoms with Gasteiger partial charge in [-0.25, -0.2) is 0 Å². The zero-order valence-electron chi connectivity index (χ0n) is 12.3. The number of rotatable bonds is 4. The Hall–Kier alpha value is -2.28. The maximum atomic E-state index is 12.3. The van der Waals surface area contributed by atoms with Crippen molar-refractivity contribution in [2.24, 2.45) is 11.7 Å². The Balaban J connectivity index is 1.53. The van der Waals surface area contributed by atoms with E-state index in [1.54, 1.807) is 18.2 Å². The van der Waals surface area contributed by atoms with Gasteiger partial charge in [0.15, 0.2) is 18.0 Å². The van der Waals surface area contributed by atoms with Crippen LogP contribution in [0, 0.1) is 5.92 Å². The predicted octanol–water partition coefficient (Wildman–Crippen LogP) is -0.866. The number of quaternary nitrogens is 1. The molecule has 118 valence electrons. The average Bonchev–Trinajstić information content (AvgIpc) is 2.95. The summed E-state index contributed by atoms with van der Waals surface area (Å²) >= 11 is 0. The maximum Gasteiger partial charge on any atom is 0.272 e. The Morgan fingerprint density at radius 3 is 2.68 bits per heavy atom. The Bertz CT molecular complexity index is 582. The minimum atomic E-state index is -0.293. The first-order valence-corrected chi connectivity index (χ1v) is 7.44. The van der Waals surface area contributed by atoms with Gasteiger partial charge in [-0.3, -0.25) is 9.59 Å². The number of carbonyl (C=O) groups excluding carboxylic acids is 2. The first-order chi connectivity index (χ1) is 10.6. The number of benzene rings is 1. The van der Waals surface area contributed by atoms with Gasteiger partial charge in [-0.05, 0) is 12.1 Å². The molecule has 1 saturated heterocycles. The third-order valence-electron chi connectivity index (χ3n) is 4.13. The predicted molar refractivity (Wildman–Crippen MR) is 78.7 cm³/mol. The molecular weight excluding hydrogens is 286 g/mol. The van der Waals surface area contributed by atoms with Crippen molar-refractivity contribution in [1.82, 2.24) is 0 Å². The molecule has 0 aromatic heterocycles. The fourth-order valence-electron chi connectivity index (χ4n) is 2.93. The molecule has 0 spiro atoms. The third kappa shape index (κ3) is 3.30. The van der Waals surface area contributed by atoms with Gasteiger partial charge in [-0.15, -0.1) is 0 Å². The third-order valence-corrected chi connectivity index (χ3v) is 4.13. The summed E-state index contributed by atoms with van der Waals surface area (Å²) < 4.78 is 10.5. The second kappa shape index (κ2) is 6.23. The molecule has 0 saturated carbocycles.